The maximum Gasteiger partial charge on any atom is 0.317 e. The number of halogens is 3. The van der Waals surface area contributed by atoms with E-state index in [1.165, 1.54) is 0 Å². The zero-order chi connectivity index (χ0) is 21.3. The number of rotatable bonds is 6. The molecule has 2 heterocycles. The number of carbonyl (C=O) groups is 1. The molecule has 0 aromatic rings. The third kappa shape index (κ3) is 7.25. The molecule has 1 N–H and O–H groups in total. The Bertz CT molecular complexity index is 550. The minimum absolute atomic E-state index is 0.207. The summed E-state index contributed by atoms with van der Waals surface area (Å²) in [7, 11) is -1.36. The molecule has 0 aromatic carbocycles. The summed E-state index contributed by atoms with van der Waals surface area (Å²) in [5, 5.41) is 10.9. The van der Waals surface area contributed by atoms with Crippen molar-refractivity contribution in [2.75, 3.05) is 19.8 Å². The van der Waals surface area contributed by atoms with Crippen LogP contribution in [0.5, 0.6) is 0 Å². The quantitative estimate of drug-likeness (QED) is 0.356. The summed E-state index contributed by atoms with van der Waals surface area (Å²) in [5.41, 5.74) is 0. The normalized spacial score (nSPS) is 33.2. The number of hydrogen-bond donors (Lipinski definition) is 1. The summed E-state index contributed by atoms with van der Waals surface area (Å²) in [5.74, 6) is -2.82. The molecule has 0 bridgehead atoms. The van der Waals surface area contributed by atoms with Crippen LogP contribution in [0.15, 0.2) is 0 Å². The number of carbonyl (C=O) groups excluding carboxylic acids is 1. The Kier molecular flexibility index (Phi) is 8.12. The Morgan fingerprint density at radius 3 is 2.50 bits per heavy atom. The van der Waals surface area contributed by atoms with Gasteiger partial charge in [-0.25, -0.2) is 0 Å². The van der Waals surface area contributed by atoms with Gasteiger partial charge in [0.25, 0.3) is 0 Å². The van der Waals surface area contributed by atoms with Gasteiger partial charge in [-0.15, -0.1) is 0 Å². The van der Waals surface area contributed by atoms with Crippen LogP contribution in [0.4, 0.5) is 0 Å². The lowest BCUT2D eigenvalue weighted by Gasteiger charge is -2.49. The fourth-order valence-corrected chi connectivity index (χ4v) is 3.86. The van der Waals surface area contributed by atoms with E-state index in [1.54, 1.807) is 13.8 Å². The molecule has 2 fully saturated rings. The highest BCUT2D eigenvalue weighted by Crippen LogP contribution is 2.36. The second-order valence-electron chi connectivity index (χ2n) is 8.76. The maximum atomic E-state index is 12.7. The molecule has 0 saturated carbocycles. The Morgan fingerprint density at radius 1 is 1.29 bits per heavy atom. The second-order valence-corrected chi connectivity index (χ2v) is 16.9. The van der Waals surface area contributed by atoms with E-state index in [0.29, 0.717) is 6.61 Å². The maximum absolute atomic E-state index is 12.7. The second kappa shape index (κ2) is 9.24. The van der Waals surface area contributed by atoms with Crippen molar-refractivity contribution >= 4 is 48.8 Å². The van der Waals surface area contributed by atoms with E-state index in [2.05, 4.69) is 19.6 Å². The van der Waals surface area contributed by atoms with E-state index >= 15 is 0 Å². The van der Waals surface area contributed by atoms with Crippen LogP contribution in [-0.4, -0.2) is 73.2 Å². The summed E-state index contributed by atoms with van der Waals surface area (Å²) in [6, 6.07) is 0.868. The van der Waals surface area contributed by atoms with Gasteiger partial charge >= 0.3 is 5.97 Å². The molecular weight excluding hydrogens is 451 g/mol. The van der Waals surface area contributed by atoms with Gasteiger partial charge in [-0.2, -0.15) is 0 Å². The number of alkyl halides is 3. The minimum atomic E-state index is -1.76. The van der Waals surface area contributed by atoms with Crippen LogP contribution in [0.3, 0.4) is 0 Å². The van der Waals surface area contributed by atoms with Crippen molar-refractivity contribution in [3.63, 3.8) is 0 Å². The molecule has 0 amide bonds. The zero-order valence-corrected chi connectivity index (χ0v) is 20.0. The van der Waals surface area contributed by atoms with Gasteiger partial charge in [0, 0.05) is 14.7 Å². The molecule has 7 nitrogen and oxygen atoms in total. The van der Waals surface area contributed by atoms with Crippen LogP contribution in [-0.2, 0) is 28.5 Å². The highest BCUT2D eigenvalue weighted by Gasteiger charge is 2.54. The molecule has 0 spiro atoms. The molecule has 164 valence electrons. The van der Waals surface area contributed by atoms with Gasteiger partial charge in [-0.05, 0) is 19.9 Å². The minimum Gasteiger partial charge on any atom is -0.461 e. The van der Waals surface area contributed by atoms with Gasteiger partial charge in [-0.1, -0.05) is 54.4 Å². The predicted molar refractivity (Wildman–Crippen MR) is 108 cm³/mol. The van der Waals surface area contributed by atoms with Crippen molar-refractivity contribution in [3.05, 3.63) is 0 Å². The van der Waals surface area contributed by atoms with Crippen LogP contribution < -0.4 is 0 Å². The number of esters is 1. The summed E-state index contributed by atoms with van der Waals surface area (Å²) in [4.78, 5) is 12.7. The Labute approximate surface area is 181 Å². The van der Waals surface area contributed by atoms with Crippen LogP contribution in [0.1, 0.15) is 13.8 Å². The highest BCUT2D eigenvalue weighted by atomic mass is 35.6. The number of hydrogen-bond acceptors (Lipinski definition) is 7. The molecule has 2 saturated heterocycles. The van der Waals surface area contributed by atoms with Crippen LogP contribution in [0.25, 0.3) is 0 Å². The lowest BCUT2D eigenvalue weighted by atomic mass is 9.90. The molecule has 0 aliphatic carbocycles. The SMILES string of the molecule is CC1(C)OC[C@H]2O[C@@H](OCC[Si](C)(C)C)[C@H](C(=O)OCC(Cl)(Cl)Cl)[C@@H](O)[C@@H]2O1. The number of aliphatic hydroxyl groups is 1. The van der Waals surface area contributed by atoms with Gasteiger partial charge in [0.2, 0.25) is 3.79 Å². The molecule has 5 atom stereocenters. The zero-order valence-electron chi connectivity index (χ0n) is 16.7. The first-order valence-corrected chi connectivity index (χ1v) is 14.0. The average molecular weight is 480 g/mol. The van der Waals surface area contributed by atoms with E-state index in [0.717, 1.165) is 6.04 Å². The van der Waals surface area contributed by atoms with E-state index in [1.807, 2.05) is 0 Å². The first-order valence-electron chi connectivity index (χ1n) is 9.19. The van der Waals surface area contributed by atoms with Crippen LogP contribution >= 0.6 is 34.8 Å². The fourth-order valence-electron chi connectivity index (χ4n) is 2.97. The van der Waals surface area contributed by atoms with E-state index < -0.39 is 60.7 Å². The topological polar surface area (TPSA) is 83.5 Å². The Hall–Kier alpha value is 0.357. The fraction of sp³-hybridized carbons (Fsp3) is 0.941. The van der Waals surface area contributed by atoms with E-state index in [9.17, 15) is 9.90 Å². The lowest BCUT2D eigenvalue weighted by molar-refractivity contribution is -0.373. The van der Waals surface area contributed by atoms with Crippen molar-refractivity contribution < 1.29 is 33.6 Å². The molecule has 28 heavy (non-hydrogen) atoms. The average Bonchev–Trinajstić information content (AvgIpc) is 2.51. The molecule has 2 rings (SSSR count). The molecule has 0 radical (unpaired) electrons. The summed E-state index contributed by atoms with van der Waals surface area (Å²) in [6.45, 7) is 10.2. The van der Waals surface area contributed by atoms with Gasteiger partial charge in [-0.3, -0.25) is 4.79 Å². The summed E-state index contributed by atoms with van der Waals surface area (Å²) < 4.78 is 26.5. The van der Waals surface area contributed by atoms with Crippen molar-refractivity contribution in [1.29, 1.82) is 0 Å². The molecule has 0 unspecified atom stereocenters. The first-order chi connectivity index (χ1) is 12.7. The number of aliphatic hydroxyl groups excluding tert-OH is 1. The Morgan fingerprint density at radius 2 is 1.93 bits per heavy atom. The molecule has 0 aromatic heterocycles. The Balaban J connectivity index is 2.14. The third-order valence-electron chi connectivity index (χ3n) is 4.47. The monoisotopic (exact) mass is 478 g/mol. The number of ether oxygens (including phenoxy) is 5. The van der Waals surface area contributed by atoms with Gasteiger partial charge in [0.05, 0.1) is 6.61 Å². The van der Waals surface area contributed by atoms with Crippen molar-refractivity contribution in [1.82, 2.24) is 0 Å². The molecule has 2 aliphatic rings. The standard InChI is InChI=1S/C17H29Cl3O7Si/c1-16(2)25-8-10-13(27-16)12(21)11(14(22)24-9-17(18,19)20)15(26-10)23-6-7-28(3,4)5/h10-13,15,21H,6-9H2,1-5H3/t10-,11+,12-,13-,15-/m1/s1. The lowest BCUT2D eigenvalue weighted by Crippen LogP contribution is -2.64. The van der Waals surface area contributed by atoms with E-state index in [-0.39, 0.29) is 6.61 Å². The third-order valence-corrected chi connectivity index (χ3v) is 6.50. The van der Waals surface area contributed by atoms with E-state index in [4.69, 9.17) is 58.5 Å². The van der Waals surface area contributed by atoms with Crippen molar-refractivity contribution in [3.8, 4) is 0 Å². The van der Waals surface area contributed by atoms with Gasteiger partial charge in [0.1, 0.15) is 30.8 Å². The first kappa shape index (κ1) is 24.6. The van der Waals surface area contributed by atoms with Gasteiger partial charge in [0.15, 0.2) is 12.1 Å². The van der Waals surface area contributed by atoms with Crippen molar-refractivity contribution in [2.45, 2.75) is 73.7 Å². The largest absolute Gasteiger partial charge is 0.461 e. The smallest absolute Gasteiger partial charge is 0.317 e. The van der Waals surface area contributed by atoms with Crippen LogP contribution in [0, 0.1) is 5.92 Å². The summed E-state index contributed by atoms with van der Waals surface area (Å²) in [6.07, 6.45) is -3.58. The molecular formula is C17H29Cl3O7Si. The highest BCUT2D eigenvalue weighted by molar-refractivity contribution is 6.76. The molecule has 2 aliphatic heterocycles. The van der Waals surface area contributed by atoms with Crippen LogP contribution in [0.2, 0.25) is 25.7 Å². The number of fused-ring (bicyclic) bond motifs is 1. The van der Waals surface area contributed by atoms with Crippen molar-refractivity contribution in [2.24, 2.45) is 5.92 Å². The predicted octanol–water partition coefficient (Wildman–Crippen LogP) is 3.11. The van der Waals surface area contributed by atoms with Gasteiger partial charge < -0.3 is 28.8 Å². The summed E-state index contributed by atoms with van der Waals surface area (Å²) >= 11 is 17.0. The molecule has 11 heteroatoms.